The minimum absolute atomic E-state index is 0.0576. The maximum absolute atomic E-state index is 10.9. The summed E-state index contributed by atoms with van der Waals surface area (Å²) < 4.78 is 7.29. The van der Waals surface area contributed by atoms with E-state index in [4.69, 9.17) is 9.84 Å². The van der Waals surface area contributed by atoms with Crippen LogP contribution in [-0.2, 0) is 17.8 Å². The van der Waals surface area contributed by atoms with Crippen LogP contribution in [0, 0.1) is 11.3 Å². The van der Waals surface area contributed by atoms with Crippen molar-refractivity contribution in [2.45, 2.75) is 38.3 Å². The molecule has 140 valence electrons. The average molecular weight is 494 g/mol. The highest BCUT2D eigenvalue weighted by Crippen LogP contribution is 2.35. The molecule has 2 aromatic rings. The number of carboxylic acid groups (broad SMARTS) is 1. The Morgan fingerprint density at radius 2 is 1.89 bits per heavy atom. The summed E-state index contributed by atoms with van der Waals surface area (Å²) in [4.78, 5) is 10.9. The quantitative estimate of drug-likeness (QED) is 0.550. The standard InChI is InChI=1S/C20H18Br2N2O3/c21-17-7-12(9-19(25)26)8-18(22)20(17)27-11-14-4-13(10-23)5-16(6-14)24-15-2-1-3-15/h4-8,15,24H,1-3,9,11H2,(H,25,26). The van der Waals surface area contributed by atoms with Crippen LogP contribution in [0.15, 0.2) is 39.3 Å². The smallest absolute Gasteiger partial charge is 0.307 e. The van der Waals surface area contributed by atoms with Gasteiger partial charge in [0.15, 0.2) is 0 Å². The summed E-state index contributed by atoms with van der Waals surface area (Å²) in [5.41, 5.74) is 3.09. The van der Waals surface area contributed by atoms with Crippen molar-refractivity contribution in [1.82, 2.24) is 0 Å². The van der Waals surface area contributed by atoms with E-state index in [0.717, 1.165) is 24.1 Å². The van der Waals surface area contributed by atoms with Gasteiger partial charge in [-0.3, -0.25) is 4.79 Å². The number of ether oxygens (including phenoxy) is 1. The number of halogens is 2. The van der Waals surface area contributed by atoms with Crippen LogP contribution in [-0.4, -0.2) is 17.1 Å². The van der Waals surface area contributed by atoms with Gasteiger partial charge in [0.05, 0.1) is 27.0 Å². The Bertz CT molecular complexity index is 882. The zero-order valence-electron chi connectivity index (χ0n) is 14.5. The molecule has 0 atom stereocenters. The lowest BCUT2D eigenvalue weighted by Gasteiger charge is -2.27. The largest absolute Gasteiger partial charge is 0.487 e. The highest BCUT2D eigenvalue weighted by Gasteiger charge is 2.17. The van der Waals surface area contributed by atoms with Gasteiger partial charge in [-0.1, -0.05) is 0 Å². The van der Waals surface area contributed by atoms with Gasteiger partial charge in [-0.05, 0) is 92.6 Å². The Labute approximate surface area is 174 Å². The number of carboxylic acids is 1. The van der Waals surface area contributed by atoms with Crippen LogP contribution in [0.3, 0.4) is 0 Å². The molecule has 0 amide bonds. The van der Waals surface area contributed by atoms with Gasteiger partial charge in [-0.15, -0.1) is 0 Å². The Kier molecular flexibility index (Phi) is 6.40. The predicted molar refractivity (Wildman–Crippen MR) is 110 cm³/mol. The molecule has 5 nitrogen and oxygen atoms in total. The molecule has 0 aliphatic heterocycles. The van der Waals surface area contributed by atoms with E-state index in [1.807, 2.05) is 18.2 Å². The first-order valence-corrected chi connectivity index (χ1v) is 10.2. The molecule has 1 aliphatic rings. The van der Waals surface area contributed by atoms with E-state index in [-0.39, 0.29) is 6.42 Å². The molecule has 0 radical (unpaired) electrons. The van der Waals surface area contributed by atoms with Crippen molar-refractivity contribution in [1.29, 1.82) is 5.26 Å². The Balaban J connectivity index is 1.75. The molecule has 0 bridgehead atoms. The van der Waals surface area contributed by atoms with Gasteiger partial charge >= 0.3 is 5.97 Å². The summed E-state index contributed by atoms with van der Waals surface area (Å²) in [5, 5.41) is 21.7. The zero-order valence-corrected chi connectivity index (χ0v) is 17.6. The van der Waals surface area contributed by atoms with Crippen molar-refractivity contribution in [3.05, 3.63) is 56.0 Å². The van der Waals surface area contributed by atoms with Gasteiger partial charge in [0, 0.05) is 11.7 Å². The zero-order chi connectivity index (χ0) is 19.4. The first-order valence-electron chi connectivity index (χ1n) is 8.57. The van der Waals surface area contributed by atoms with Crippen molar-refractivity contribution >= 4 is 43.5 Å². The number of hydrogen-bond donors (Lipinski definition) is 2. The molecule has 0 unspecified atom stereocenters. The van der Waals surface area contributed by atoms with Gasteiger partial charge < -0.3 is 15.2 Å². The summed E-state index contributed by atoms with van der Waals surface area (Å²) in [5.74, 6) is -0.290. The number of rotatable bonds is 7. The molecule has 0 spiro atoms. The normalized spacial score (nSPS) is 13.5. The molecule has 1 saturated carbocycles. The lowest BCUT2D eigenvalue weighted by atomic mass is 9.93. The number of nitriles is 1. The summed E-state index contributed by atoms with van der Waals surface area (Å²) in [6, 6.07) is 11.8. The SMILES string of the molecule is N#Cc1cc(COc2c(Br)cc(CC(=O)O)cc2Br)cc(NC2CCC2)c1. The number of nitrogens with one attached hydrogen (secondary N) is 1. The number of nitrogens with zero attached hydrogens (tertiary/aromatic N) is 1. The summed E-state index contributed by atoms with van der Waals surface area (Å²) in [6.07, 6.45) is 3.50. The molecule has 3 rings (SSSR count). The van der Waals surface area contributed by atoms with Crippen molar-refractivity contribution in [2.75, 3.05) is 5.32 Å². The molecular weight excluding hydrogens is 476 g/mol. The maximum Gasteiger partial charge on any atom is 0.307 e. The van der Waals surface area contributed by atoms with Crippen LogP contribution in [0.5, 0.6) is 5.75 Å². The Morgan fingerprint density at radius 1 is 1.19 bits per heavy atom. The lowest BCUT2D eigenvalue weighted by molar-refractivity contribution is -0.136. The Hall–Kier alpha value is -2.04. The number of carbonyl (C=O) groups is 1. The lowest BCUT2D eigenvalue weighted by Crippen LogP contribution is -2.27. The minimum atomic E-state index is -0.887. The molecule has 2 N–H and O–H groups in total. The van der Waals surface area contributed by atoms with Crippen LogP contribution in [0.1, 0.15) is 36.0 Å². The van der Waals surface area contributed by atoms with Crippen LogP contribution < -0.4 is 10.1 Å². The van der Waals surface area contributed by atoms with Gasteiger partial charge in [-0.25, -0.2) is 0 Å². The highest BCUT2D eigenvalue weighted by molar-refractivity contribution is 9.11. The summed E-state index contributed by atoms with van der Waals surface area (Å²) in [6.45, 7) is 0.296. The molecule has 1 fully saturated rings. The average Bonchev–Trinajstić information content (AvgIpc) is 2.56. The van der Waals surface area contributed by atoms with Gasteiger partial charge in [0.1, 0.15) is 12.4 Å². The van der Waals surface area contributed by atoms with Crippen molar-refractivity contribution in [3.8, 4) is 11.8 Å². The second kappa shape index (κ2) is 8.77. The molecule has 27 heavy (non-hydrogen) atoms. The van der Waals surface area contributed by atoms with Crippen LogP contribution >= 0.6 is 31.9 Å². The molecule has 0 saturated heterocycles. The van der Waals surface area contributed by atoms with E-state index in [1.165, 1.54) is 6.42 Å². The Morgan fingerprint density at radius 3 is 2.44 bits per heavy atom. The molecule has 1 aliphatic carbocycles. The topological polar surface area (TPSA) is 82.3 Å². The fourth-order valence-electron chi connectivity index (χ4n) is 2.89. The van der Waals surface area contributed by atoms with Gasteiger partial charge in [-0.2, -0.15) is 5.26 Å². The third-order valence-corrected chi connectivity index (χ3v) is 5.57. The summed E-state index contributed by atoms with van der Waals surface area (Å²) >= 11 is 6.88. The fraction of sp³-hybridized carbons (Fsp3) is 0.300. The third kappa shape index (κ3) is 5.24. The predicted octanol–water partition coefficient (Wildman–Crippen LogP) is 5.25. The van der Waals surface area contributed by atoms with Crippen molar-refractivity contribution in [2.24, 2.45) is 0 Å². The van der Waals surface area contributed by atoms with Gasteiger partial charge in [0.2, 0.25) is 0 Å². The fourth-order valence-corrected chi connectivity index (χ4v) is 4.40. The number of hydrogen-bond acceptors (Lipinski definition) is 4. The molecular formula is C20H18Br2N2O3. The van der Waals surface area contributed by atoms with E-state index in [9.17, 15) is 10.1 Å². The van der Waals surface area contributed by atoms with Crippen molar-refractivity contribution in [3.63, 3.8) is 0 Å². The maximum atomic E-state index is 10.9. The third-order valence-electron chi connectivity index (χ3n) is 4.39. The minimum Gasteiger partial charge on any atom is -0.487 e. The second-order valence-electron chi connectivity index (χ2n) is 6.55. The second-order valence-corrected chi connectivity index (χ2v) is 8.26. The van der Waals surface area contributed by atoms with E-state index in [1.54, 1.807) is 12.1 Å². The number of benzene rings is 2. The van der Waals surface area contributed by atoms with Crippen LogP contribution in [0.2, 0.25) is 0 Å². The molecule has 0 heterocycles. The number of anilines is 1. The van der Waals surface area contributed by atoms with E-state index >= 15 is 0 Å². The first-order chi connectivity index (χ1) is 12.9. The van der Waals surface area contributed by atoms with Gasteiger partial charge in [0.25, 0.3) is 0 Å². The molecule has 0 aromatic heterocycles. The van der Waals surface area contributed by atoms with E-state index < -0.39 is 5.97 Å². The number of aliphatic carboxylic acids is 1. The summed E-state index contributed by atoms with van der Waals surface area (Å²) in [7, 11) is 0. The monoisotopic (exact) mass is 492 g/mol. The first kappa shape index (κ1) is 19.7. The molecule has 7 heteroatoms. The van der Waals surface area contributed by atoms with E-state index in [0.29, 0.717) is 38.5 Å². The molecule has 2 aromatic carbocycles. The van der Waals surface area contributed by atoms with Crippen molar-refractivity contribution < 1.29 is 14.6 Å². The van der Waals surface area contributed by atoms with Crippen LogP contribution in [0.4, 0.5) is 5.69 Å². The highest BCUT2D eigenvalue weighted by atomic mass is 79.9. The van der Waals surface area contributed by atoms with E-state index in [2.05, 4.69) is 43.2 Å². The van der Waals surface area contributed by atoms with Crippen LogP contribution in [0.25, 0.3) is 0 Å².